The first-order chi connectivity index (χ1) is 8.03. The molecule has 2 N–H and O–H groups in total. The maximum absolute atomic E-state index is 11.5. The number of esters is 1. The quantitative estimate of drug-likeness (QED) is 0.789. The summed E-state index contributed by atoms with van der Waals surface area (Å²) in [6.07, 6.45) is 0. The van der Waals surface area contributed by atoms with Gasteiger partial charge in [0.05, 0.1) is 7.11 Å². The molecule has 0 saturated heterocycles. The Morgan fingerprint density at radius 1 is 1.41 bits per heavy atom. The minimum atomic E-state index is -0.948. The smallest absolute Gasteiger partial charge is 0.326 e. The van der Waals surface area contributed by atoms with Crippen molar-refractivity contribution in [1.82, 2.24) is 4.90 Å². The maximum Gasteiger partial charge on any atom is 0.326 e. The molecule has 2 rings (SSSR count). The zero-order valence-electron chi connectivity index (χ0n) is 10.3. The molecule has 92 valence electrons. The molecule has 4 nitrogen and oxygen atoms in total. The highest BCUT2D eigenvalue weighted by molar-refractivity contribution is 5.80. The Labute approximate surface area is 101 Å². The number of carbonyl (C=O) groups is 1. The minimum absolute atomic E-state index is 0.367. The molecule has 0 radical (unpaired) electrons. The van der Waals surface area contributed by atoms with Crippen molar-refractivity contribution in [2.24, 2.45) is 5.73 Å². The van der Waals surface area contributed by atoms with Crippen molar-refractivity contribution in [2.45, 2.75) is 25.6 Å². The predicted molar refractivity (Wildman–Crippen MR) is 65.2 cm³/mol. The minimum Gasteiger partial charge on any atom is -0.468 e. The van der Waals surface area contributed by atoms with Crippen LogP contribution in [0.1, 0.15) is 18.1 Å². The Balaban J connectivity index is 2.03. The van der Waals surface area contributed by atoms with E-state index in [1.807, 2.05) is 12.1 Å². The summed E-state index contributed by atoms with van der Waals surface area (Å²) in [5, 5.41) is 0. The number of hydrogen-bond donors (Lipinski definition) is 1. The normalized spacial score (nSPS) is 18.5. The second-order valence-corrected chi connectivity index (χ2v) is 4.82. The van der Waals surface area contributed by atoms with Gasteiger partial charge in [-0.1, -0.05) is 24.3 Å². The van der Waals surface area contributed by atoms with E-state index in [0.29, 0.717) is 6.54 Å². The van der Waals surface area contributed by atoms with E-state index in [0.717, 1.165) is 13.1 Å². The van der Waals surface area contributed by atoms with Gasteiger partial charge in [-0.3, -0.25) is 9.69 Å². The average Bonchev–Trinajstić information content (AvgIpc) is 2.68. The topological polar surface area (TPSA) is 55.6 Å². The highest BCUT2D eigenvalue weighted by atomic mass is 16.5. The van der Waals surface area contributed by atoms with Crippen LogP contribution in [-0.4, -0.2) is 30.1 Å². The van der Waals surface area contributed by atoms with E-state index in [1.54, 1.807) is 6.92 Å². The van der Waals surface area contributed by atoms with Gasteiger partial charge in [0.1, 0.15) is 5.54 Å². The molecule has 1 aromatic rings. The van der Waals surface area contributed by atoms with Crippen LogP contribution in [0.2, 0.25) is 0 Å². The zero-order valence-corrected chi connectivity index (χ0v) is 10.3. The van der Waals surface area contributed by atoms with Gasteiger partial charge in [-0.15, -0.1) is 0 Å². The van der Waals surface area contributed by atoms with Gasteiger partial charge >= 0.3 is 5.97 Å². The van der Waals surface area contributed by atoms with Gasteiger partial charge < -0.3 is 10.5 Å². The fourth-order valence-corrected chi connectivity index (χ4v) is 2.28. The molecule has 0 bridgehead atoms. The lowest BCUT2D eigenvalue weighted by atomic mass is 10.0. The molecule has 1 aliphatic heterocycles. The SMILES string of the molecule is COC(=O)C(C)(N)CN1Cc2ccccc2C1. The third-order valence-corrected chi connectivity index (χ3v) is 3.11. The Kier molecular flexibility index (Phi) is 3.17. The molecule has 1 unspecified atom stereocenters. The van der Waals surface area contributed by atoms with Crippen LogP contribution in [0, 0.1) is 0 Å². The number of fused-ring (bicyclic) bond motifs is 1. The number of nitrogens with two attached hydrogens (primary N) is 1. The Morgan fingerprint density at radius 3 is 2.41 bits per heavy atom. The van der Waals surface area contributed by atoms with Crippen molar-refractivity contribution < 1.29 is 9.53 Å². The summed E-state index contributed by atoms with van der Waals surface area (Å²) >= 11 is 0. The fraction of sp³-hybridized carbons (Fsp3) is 0.462. The van der Waals surface area contributed by atoms with Crippen molar-refractivity contribution in [3.8, 4) is 0 Å². The molecule has 1 heterocycles. The van der Waals surface area contributed by atoms with Crippen LogP contribution in [0.4, 0.5) is 0 Å². The molecular formula is C13H18N2O2. The van der Waals surface area contributed by atoms with Gasteiger partial charge in [0.15, 0.2) is 0 Å². The van der Waals surface area contributed by atoms with Gasteiger partial charge in [0, 0.05) is 19.6 Å². The summed E-state index contributed by atoms with van der Waals surface area (Å²) in [4.78, 5) is 13.7. The molecule has 0 fully saturated rings. The van der Waals surface area contributed by atoms with Crippen LogP contribution in [0.5, 0.6) is 0 Å². The standard InChI is InChI=1S/C13H18N2O2/c1-13(14,12(16)17-2)9-15-7-10-5-3-4-6-11(10)8-15/h3-6H,7-9,14H2,1-2H3. The Bertz CT molecular complexity index is 404. The molecule has 1 aromatic carbocycles. The lowest BCUT2D eigenvalue weighted by Gasteiger charge is -2.27. The third-order valence-electron chi connectivity index (χ3n) is 3.11. The molecule has 4 heteroatoms. The van der Waals surface area contributed by atoms with Gasteiger partial charge in [-0.25, -0.2) is 0 Å². The first-order valence-corrected chi connectivity index (χ1v) is 5.69. The van der Waals surface area contributed by atoms with Crippen molar-refractivity contribution in [3.05, 3.63) is 35.4 Å². The Morgan fingerprint density at radius 2 is 1.94 bits per heavy atom. The van der Waals surface area contributed by atoms with Crippen LogP contribution in [-0.2, 0) is 22.6 Å². The number of methoxy groups -OCH3 is 1. The first-order valence-electron chi connectivity index (χ1n) is 5.69. The van der Waals surface area contributed by atoms with E-state index < -0.39 is 5.54 Å². The second-order valence-electron chi connectivity index (χ2n) is 4.82. The summed E-state index contributed by atoms with van der Waals surface area (Å²) < 4.78 is 4.71. The second kappa shape index (κ2) is 4.47. The number of hydrogen-bond acceptors (Lipinski definition) is 4. The van der Waals surface area contributed by atoms with Crippen LogP contribution in [0.3, 0.4) is 0 Å². The summed E-state index contributed by atoms with van der Waals surface area (Å²) in [7, 11) is 1.37. The molecule has 1 atom stereocenters. The van der Waals surface area contributed by atoms with Gasteiger partial charge in [-0.05, 0) is 18.1 Å². The average molecular weight is 234 g/mol. The van der Waals surface area contributed by atoms with Crippen LogP contribution < -0.4 is 5.73 Å². The van der Waals surface area contributed by atoms with Crippen molar-refractivity contribution >= 4 is 5.97 Å². The van der Waals surface area contributed by atoms with Gasteiger partial charge in [-0.2, -0.15) is 0 Å². The number of rotatable bonds is 3. The Hall–Kier alpha value is -1.39. The lowest BCUT2D eigenvalue weighted by molar-refractivity contribution is -0.147. The van der Waals surface area contributed by atoms with Crippen molar-refractivity contribution in [2.75, 3.05) is 13.7 Å². The number of carbonyl (C=O) groups excluding carboxylic acids is 1. The molecule has 0 aliphatic carbocycles. The van der Waals surface area contributed by atoms with Gasteiger partial charge in [0.25, 0.3) is 0 Å². The summed E-state index contributed by atoms with van der Waals surface area (Å²) in [5.41, 5.74) is 7.65. The molecule has 17 heavy (non-hydrogen) atoms. The van der Waals surface area contributed by atoms with Crippen LogP contribution >= 0.6 is 0 Å². The molecule has 0 aromatic heterocycles. The largest absolute Gasteiger partial charge is 0.468 e. The molecular weight excluding hydrogens is 216 g/mol. The van der Waals surface area contributed by atoms with E-state index in [4.69, 9.17) is 10.5 Å². The lowest BCUT2D eigenvalue weighted by Crippen LogP contribution is -2.53. The van der Waals surface area contributed by atoms with E-state index in [2.05, 4.69) is 17.0 Å². The summed E-state index contributed by atoms with van der Waals surface area (Å²) in [6.45, 7) is 3.91. The number of benzene rings is 1. The summed E-state index contributed by atoms with van der Waals surface area (Å²) in [6, 6.07) is 8.29. The van der Waals surface area contributed by atoms with E-state index in [9.17, 15) is 4.79 Å². The third kappa shape index (κ3) is 2.48. The summed E-state index contributed by atoms with van der Waals surface area (Å²) in [5.74, 6) is -0.367. The number of ether oxygens (including phenoxy) is 1. The zero-order chi connectivity index (χ0) is 12.5. The molecule has 0 amide bonds. The van der Waals surface area contributed by atoms with Crippen molar-refractivity contribution in [3.63, 3.8) is 0 Å². The number of nitrogens with zero attached hydrogens (tertiary/aromatic N) is 1. The highest BCUT2D eigenvalue weighted by Crippen LogP contribution is 2.23. The van der Waals surface area contributed by atoms with Crippen LogP contribution in [0.15, 0.2) is 24.3 Å². The van der Waals surface area contributed by atoms with E-state index in [-0.39, 0.29) is 5.97 Å². The van der Waals surface area contributed by atoms with Gasteiger partial charge in [0.2, 0.25) is 0 Å². The van der Waals surface area contributed by atoms with E-state index in [1.165, 1.54) is 18.2 Å². The highest BCUT2D eigenvalue weighted by Gasteiger charge is 2.33. The predicted octanol–water partition coefficient (Wildman–Crippen LogP) is 0.893. The molecule has 0 spiro atoms. The first kappa shape index (κ1) is 12.1. The molecule has 0 saturated carbocycles. The van der Waals surface area contributed by atoms with Crippen molar-refractivity contribution in [1.29, 1.82) is 0 Å². The fourth-order valence-electron chi connectivity index (χ4n) is 2.28. The van der Waals surface area contributed by atoms with Crippen LogP contribution in [0.25, 0.3) is 0 Å². The molecule has 1 aliphatic rings. The monoisotopic (exact) mass is 234 g/mol. The van der Waals surface area contributed by atoms with E-state index >= 15 is 0 Å². The maximum atomic E-state index is 11.5.